The Morgan fingerprint density at radius 2 is 1.85 bits per heavy atom. The van der Waals surface area contributed by atoms with Gasteiger partial charge >= 0.3 is 5.97 Å². The van der Waals surface area contributed by atoms with Gasteiger partial charge in [-0.25, -0.2) is 4.79 Å². The van der Waals surface area contributed by atoms with Gasteiger partial charge in [0, 0.05) is 11.0 Å². The van der Waals surface area contributed by atoms with Crippen molar-refractivity contribution < 1.29 is 23.8 Å². The third-order valence-corrected chi connectivity index (χ3v) is 5.06. The summed E-state index contributed by atoms with van der Waals surface area (Å²) in [5.74, 6) is 0.423. The average Bonchev–Trinajstić information content (AvgIpc) is 2.93. The highest BCUT2D eigenvalue weighted by molar-refractivity contribution is 7.16. The zero-order chi connectivity index (χ0) is 20.0. The Bertz CT molecular complexity index is 869. The first kappa shape index (κ1) is 20.5. The van der Waals surface area contributed by atoms with E-state index in [2.05, 4.69) is 5.32 Å². The number of methoxy groups -OCH3 is 2. The van der Waals surface area contributed by atoms with Crippen LogP contribution in [0.25, 0.3) is 6.08 Å². The highest BCUT2D eigenvalue weighted by atomic mass is 32.1. The number of anilines is 1. The summed E-state index contributed by atoms with van der Waals surface area (Å²) in [6.07, 6.45) is 3.06. The lowest BCUT2D eigenvalue weighted by Gasteiger charge is -2.07. The van der Waals surface area contributed by atoms with Crippen LogP contribution in [-0.2, 0) is 9.53 Å². The highest BCUT2D eigenvalue weighted by Gasteiger charge is 2.21. The minimum atomic E-state index is -0.432. The lowest BCUT2D eigenvalue weighted by Crippen LogP contribution is -2.12. The summed E-state index contributed by atoms with van der Waals surface area (Å²) < 4.78 is 15.5. The SMILES string of the molecule is CCOC(=O)c1c(NC(=O)/C=C/c2ccc(OC)c(OC)c2)sc(C)c1C. The predicted octanol–water partition coefficient (Wildman–Crippen LogP) is 4.21. The molecule has 0 fully saturated rings. The third kappa shape index (κ3) is 4.89. The number of carbonyl (C=O) groups excluding carboxylic acids is 2. The maximum absolute atomic E-state index is 12.3. The predicted molar refractivity (Wildman–Crippen MR) is 107 cm³/mol. The van der Waals surface area contributed by atoms with Crippen LogP contribution in [0, 0.1) is 13.8 Å². The molecule has 0 spiro atoms. The highest BCUT2D eigenvalue weighted by Crippen LogP contribution is 2.33. The van der Waals surface area contributed by atoms with Gasteiger partial charge in [-0.15, -0.1) is 11.3 Å². The fourth-order valence-electron chi connectivity index (χ4n) is 2.45. The van der Waals surface area contributed by atoms with Crippen molar-refractivity contribution in [1.29, 1.82) is 0 Å². The monoisotopic (exact) mass is 389 g/mol. The first-order valence-electron chi connectivity index (χ1n) is 8.39. The van der Waals surface area contributed by atoms with Gasteiger partial charge in [0.15, 0.2) is 11.5 Å². The Hall–Kier alpha value is -2.80. The van der Waals surface area contributed by atoms with Gasteiger partial charge in [-0.1, -0.05) is 6.07 Å². The number of aryl methyl sites for hydroxylation is 1. The van der Waals surface area contributed by atoms with E-state index in [1.807, 2.05) is 19.9 Å². The number of thiophene rings is 1. The molecule has 1 aromatic carbocycles. The van der Waals surface area contributed by atoms with E-state index < -0.39 is 5.97 Å². The van der Waals surface area contributed by atoms with Crippen LogP contribution in [0.4, 0.5) is 5.00 Å². The molecule has 2 aromatic rings. The standard InChI is InChI=1S/C20H23NO5S/c1-6-26-20(23)18-12(2)13(3)27-19(18)21-17(22)10-8-14-7-9-15(24-4)16(11-14)25-5/h7-11H,6H2,1-5H3,(H,21,22)/b10-8+. The number of rotatable bonds is 7. The zero-order valence-electron chi connectivity index (χ0n) is 16.0. The summed E-state index contributed by atoms with van der Waals surface area (Å²) in [6, 6.07) is 5.35. The fraction of sp³-hybridized carbons (Fsp3) is 0.300. The number of hydrogen-bond acceptors (Lipinski definition) is 6. The van der Waals surface area contributed by atoms with Crippen molar-refractivity contribution in [1.82, 2.24) is 0 Å². The lowest BCUT2D eigenvalue weighted by atomic mass is 10.1. The molecule has 1 amide bonds. The molecule has 0 aliphatic heterocycles. The Balaban J connectivity index is 2.18. The molecule has 0 radical (unpaired) electrons. The number of carbonyl (C=O) groups is 2. The van der Waals surface area contributed by atoms with Crippen LogP contribution >= 0.6 is 11.3 Å². The molecule has 0 aliphatic rings. The first-order valence-corrected chi connectivity index (χ1v) is 9.21. The molecule has 1 N–H and O–H groups in total. The van der Waals surface area contributed by atoms with E-state index in [9.17, 15) is 9.59 Å². The average molecular weight is 389 g/mol. The van der Waals surface area contributed by atoms with Crippen molar-refractivity contribution in [3.63, 3.8) is 0 Å². The summed E-state index contributed by atoms with van der Waals surface area (Å²) in [7, 11) is 3.11. The van der Waals surface area contributed by atoms with Gasteiger partial charge in [0.05, 0.1) is 26.4 Å². The maximum atomic E-state index is 12.3. The third-order valence-electron chi connectivity index (χ3n) is 3.94. The summed E-state index contributed by atoms with van der Waals surface area (Å²) in [6.45, 7) is 5.77. The topological polar surface area (TPSA) is 73.9 Å². The number of benzene rings is 1. The van der Waals surface area contributed by atoms with Crippen LogP contribution in [0.5, 0.6) is 11.5 Å². The van der Waals surface area contributed by atoms with Gasteiger partial charge in [-0.3, -0.25) is 4.79 Å². The van der Waals surface area contributed by atoms with E-state index in [-0.39, 0.29) is 12.5 Å². The molecule has 1 aromatic heterocycles. The molecule has 0 atom stereocenters. The van der Waals surface area contributed by atoms with Crippen LogP contribution in [-0.4, -0.2) is 32.7 Å². The molecule has 27 heavy (non-hydrogen) atoms. The minimum Gasteiger partial charge on any atom is -0.493 e. The van der Waals surface area contributed by atoms with E-state index in [0.29, 0.717) is 22.1 Å². The molecule has 1 heterocycles. The second-order valence-corrected chi connectivity index (χ2v) is 6.87. The Labute approximate surface area is 162 Å². The van der Waals surface area contributed by atoms with Gasteiger partial charge in [0.25, 0.3) is 0 Å². The molecule has 0 bridgehead atoms. The number of amides is 1. The van der Waals surface area contributed by atoms with E-state index in [1.54, 1.807) is 39.4 Å². The molecular weight excluding hydrogens is 366 g/mol. The Morgan fingerprint density at radius 1 is 1.15 bits per heavy atom. The summed E-state index contributed by atoms with van der Waals surface area (Å²) in [5.41, 5.74) is 2.01. The molecule has 0 aliphatic carbocycles. The minimum absolute atomic E-state index is 0.278. The molecule has 0 saturated carbocycles. The lowest BCUT2D eigenvalue weighted by molar-refractivity contribution is -0.111. The molecule has 7 heteroatoms. The van der Waals surface area contributed by atoms with Gasteiger partial charge in [-0.2, -0.15) is 0 Å². The zero-order valence-corrected chi connectivity index (χ0v) is 16.9. The van der Waals surface area contributed by atoms with Crippen LogP contribution in [0.15, 0.2) is 24.3 Å². The van der Waals surface area contributed by atoms with Crippen LogP contribution in [0.1, 0.15) is 33.3 Å². The van der Waals surface area contributed by atoms with Crippen LogP contribution < -0.4 is 14.8 Å². The van der Waals surface area contributed by atoms with Crippen molar-refractivity contribution in [3.05, 3.63) is 45.8 Å². The molecule has 2 rings (SSSR count). The van der Waals surface area contributed by atoms with Crippen molar-refractivity contribution in [3.8, 4) is 11.5 Å². The first-order chi connectivity index (χ1) is 12.9. The summed E-state index contributed by atoms with van der Waals surface area (Å²) in [5, 5.41) is 3.26. The van der Waals surface area contributed by atoms with E-state index >= 15 is 0 Å². The second-order valence-electron chi connectivity index (χ2n) is 5.64. The van der Waals surface area contributed by atoms with Gasteiger partial charge < -0.3 is 19.5 Å². The number of nitrogens with one attached hydrogen (secondary N) is 1. The van der Waals surface area contributed by atoms with Crippen molar-refractivity contribution in [2.24, 2.45) is 0 Å². The van der Waals surface area contributed by atoms with E-state index in [0.717, 1.165) is 16.0 Å². The van der Waals surface area contributed by atoms with E-state index in [1.165, 1.54) is 17.4 Å². The molecule has 0 unspecified atom stereocenters. The largest absolute Gasteiger partial charge is 0.493 e. The van der Waals surface area contributed by atoms with Crippen LogP contribution in [0.2, 0.25) is 0 Å². The Kier molecular flexibility index (Phi) is 7.01. The normalized spacial score (nSPS) is 10.7. The van der Waals surface area contributed by atoms with Crippen molar-refractivity contribution in [2.75, 3.05) is 26.1 Å². The smallest absolute Gasteiger partial charge is 0.341 e. The second kappa shape index (κ2) is 9.23. The van der Waals surface area contributed by atoms with Gasteiger partial charge in [0.1, 0.15) is 5.00 Å². The molecular formula is C20H23NO5S. The summed E-state index contributed by atoms with van der Waals surface area (Å²) >= 11 is 1.35. The van der Waals surface area contributed by atoms with E-state index in [4.69, 9.17) is 14.2 Å². The van der Waals surface area contributed by atoms with Crippen LogP contribution in [0.3, 0.4) is 0 Å². The fourth-order valence-corrected chi connectivity index (χ4v) is 3.50. The molecule has 6 nitrogen and oxygen atoms in total. The Morgan fingerprint density at radius 3 is 2.48 bits per heavy atom. The maximum Gasteiger partial charge on any atom is 0.341 e. The molecule has 0 saturated heterocycles. The number of ether oxygens (including phenoxy) is 3. The quantitative estimate of drug-likeness (QED) is 0.567. The number of esters is 1. The van der Waals surface area contributed by atoms with Gasteiger partial charge in [-0.05, 0) is 50.1 Å². The number of hydrogen-bond donors (Lipinski definition) is 1. The van der Waals surface area contributed by atoms with Crippen molar-refractivity contribution in [2.45, 2.75) is 20.8 Å². The molecule has 144 valence electrons. The van der Waals surface area contributed by atoms with Gasteiger partial charge in [0.2, 0.25) is 5.91 Å². The summed E-state index contributed by atoms with van der Waals surface area (Å²) in [4.78, 5) is 25.5. The van der Waals surface area contributed by atoms with Crippen molar-refractivity contribution >= 4 is 34.3 Å².